The van der Waals surface area contributed by atoms with E-state index in [2.05, 4.69) is 5.16 Å². The van der Waals surface area contributed by atoms with Crippen LogP contribution in [0, 0.1) is 0 Å². The zero-order chi connectivity index (χ0) is 25.5. The van der Waals surface area contributed by atoms with Crippen LogP contribution in [0.2, 0.25) is 0 Å². The summed E-state index contributed by atoms with van der Waals surface area (Å²) >= 11 is 0. The number of carbonyl (C=O) groups excluding carboxylic acids is 1. The van der Waals surface area contributed by atoms with Crippen molar-refractivity contribution in [3.8, 4) is 34.3 Å². The predicted octanol–water partition coefficient (Wildman–Crippen LogP) is 5.22. The summed E-state index contributed by atoms with van der Waals surface area (Å²) in [6.45, 7) is 0.672. The highest BCUT2D eigenvalue weighted by Crippen LogP contribution is 2.41. The molecule has 0 aliphatic rings. The van der Waals surface area contributed by atoms with Gasteiger partial charge in [0.1, 0.15) is 11.4 Å². The summed E-state index contributed by atoms with van der Waals surface area (Å²) in [5, 5.41) is 4.23. The van der Waals surface area contributed by atoms with E-state index in [1.807, 2.05) is 30.3 Å². The summed E-state index contributed by atoms with van der Waals surface area (Å²) in [5.74, 6) is 2.57. The molecule has 3 aromatic carbocycles. The minimum absolute atomic E-state index is 0.126. The molecule has 8 nitrogen and oxygen atoms in total. The summed E-state index contributed by atoms with van der Waals surface area (Å²) in [5.41, 5.74) is 2.88. The molecule has 8 heteroatoms. The summed E-state index contributed by atoms with van der Waals surface area (Å²) < 4.78 is 27.1. The molecular formula is C28H28N2O6. The molecule has 1 aromatic heterocycles. The first-order valence-corrected chi connectivity index (χ1v) is 11.3. The lowest BCUT2D eigenvalue weighted by Crippen LogP contribution is -2.30. The molecule has 0 saturated carbocycles. The lowest BCUT2D eigenvalue weighted by molar-refractivity contribution is 0.0726. The van der Waals surface area contributed by atoms with Gasteiger partial charge in [-0.1, -0.05) is 35.5 Å². The van der Waals surface area contributed by atoms with Crippen molar-refractivity contribution in [2.45, 2.75) is 13.1 Å². The fourth-order valence-electron chi connectivity index (χ4n) is 3.86. The monoisotopic (exact) mass is 488 g/mol. The average Bonchev–Trinajstić information content (AvgIpc) is 3.40. The number of hydrogen-bond acceptors (Lipinski definition) is 7. The standard InChI is InChI=1S/C28H28N2O6/c1-32-23-12-10-20(11-13-23)28(31)30(17-19-8-6-5-7-9-19)18-22-16-24(36-29-22)21-14-25(33-2)27(35-4)26(15-21)34-3/h5-16H,17-18H2,1-4H3. The van der Waals surface area contributed by atoms with Crippen molar-refractivity contribution in [2.75, 3.05) is 28.4 Å². The Morgan fingerprint density at radius 1 is 0.806 bits per heavy atom. The van der Waals surface area contributed by atoms with Gasteiger partial charge in [-0.3, -0.25) is 4.79 Å². The molecule has 0 aliphatic heterocycles. The van der Waals surface area contributed by atoms with Crippen molar-refractivity contribution in [3.05, 3.63) is 89.6 Å². The molecule has 1 heterocycles. The molecular weight excluding hydrogens is 460 g/mol. The van der Waals surface area contributed by atoms with Gasteiger partial charge in [-0.05, 0) is 42.0 Å². The van der Waals surface area contributed by atoms with Crippen molar-refractivity contribution in [1.82, 2.24) is 10.1 Å². The van der Waals surface area contributed by atoms with Crippen LogP contribution in [0.1, 0.15) is 21.6 Å². The Kier molecular flexibility index (Phi) is 7.75. The zero-order valence-corrected chi connectivity index (χ0v) is 20.7. The number of nitrogens with zero attached hydrogens (tertiary/aromatic N) is 2. The maximum absolute atomic E-state index is 13.4. The van der Waals surface area contributed by atoms with E-state index in [0.29, 0.717) is 52.1 Å². The van der Waals surface area contributed by atoms with Crippen molar-refractivity contribution < 1.29 is 28.3 Å². The fourth-order valence-corrected chi connectivity index (χ4v) is 3.86. The van der Waals surface area contributed by atoms with Crippen molar-refractivity contribution in [2.24, 2.45) is 0 Å². The smallest absolute Gasteiger partial charge is 0.254 e. The quantitative estimate of drug-likeness (QED) is 0.303. The third-order valence-corrected chi connectivity index (χ3v) is 5.70. The molecule has 0 N–H and O–H groups in total. The Balaban J connectivity index is 1.62. The summed E-state index contributed by atoms with van der Waals surface area (Å²) in [7, 11) is 6.25. The van der Waals surface area contributed by atoms with Gasteiger partial charge in [-0.2, -0.15) is 0 Å². The third-order valence-electron chi connectivity index (χ3n) is 5.70. The van der Waals surface area contributed by atoms with Crippen LogP contribution in [0.15, 0.2) is 77.3 Å². The molecule has 4 aromatic rings. The van der Waals surface area contributed by atoms with Gasteiger partial charge >= 0.3 is 0 Å². The van der Waals surface area contributed by atoms with E-state index in [-0.39, 0.29) is 12.5 Å². The molecule has 0 fully saturated rings. The van der Waals surface area contributed by atoms with Crippen molar-refractivity contribution >= 4 is 5.91 Å². The van der Waals surface area contributed by atoms with E-state index in [1.165, 1.54) is 0 Å². The Morgan fingerprint density at radius 3 is 2.06 bits per heavy atom. The second-order valence-electron chi connectivity index (χ2n) is 7.97. The van der Waals surface area contributed by atoms with Crippen molar-refractivity contribution in [3.63, 3.8) is 0 Å². The second kappa shape index (κ2) is 11.3. The van der Waals surface area contributed by atoms with E-state index in [4.69, 9.17) is 23.5 Å². The number of amides is 1. The number of ether oxygens (including phenoxy) is 4. The highest BCUT2D eigenvalue weighted by molar-refractivity contribution is 5.94. The minimum atomic E-state index is -0.126. The van der Waals surface area contributed by atoms with Gasteiger partial charge in [0, 0.05) is 23.7 Å². The number of benzene rings is 3. The molecule has 36 heavy (non-hydrogen) atoms. The van der Waals surface area contributed by atoms with Gasteiger partial charge in [-0.25, -0.2) is 0 Å². The van der Waals surface area contributed by atoms with E-state index in [0.717, 1.165) is 5.56 Å². The highest BCUT2D eigenvalue weighted by Gasteiger charge is 2.21. The Hall–Kier alpha value is -4.46. The lowest BCUT2D eigenvalue weighted by Gasteiger charge is -2.22. The Morgan fingerprint density at radius 2 is 1.47 bits per heavy atom. The first-order chi connectivity index (χ1) is 17.6. The van der Waals surface area contributed by atoms with Crippen molar-refractivity contribution in [1.29, 1.82) is 0 Å². The number of hydrogen-bond donors (Lipinski definition) is 0. The van der Waals surface area contributed by atoms with Gasteiger partial charge in [0.15, 0.2) is 17.3 Å². The Bertz CT molecular complexity index is 1280. The van der Waals surface area contributed by atoms with Gasteiger partial charge in [0.25, 0.3) is 5.91 Å². The van der Waals surface area contributed by atoms with E-state index in [9.17, 15) is 4.79 Å². The highest BCUT2D eigenvalue weighted by atomic mass is 16.5. The molecule has 4 rings (SSSR count). The third kappa shape index (κ3) is 5.43. The van der Waals surface area contributed by atoms with Gasteiger partial charge in [-0.15, -0.1) is 0 Å². The molecule has 0 spiro atoms. The topological polar surface area (TPSA) is 83.3 Å². The van der Waals surface area contributed by atoms with Gasteiger partial charge in [0.05, 0.1) is 35.0 Å². The first kappa shape index (κ1) is 24.7. The number of rotatable bonds is 10. The van der Waals surface area contributed by atoms with Crippen LogP contribution in [-0.2, 0) is 13.1 Å². The van der Waals surface area contributed by atoms with Crippen LogP contribution in [0.3, 0.4) is 0 Å². The molecule has 186 valence electrons. The van der Waals surface area contributed by atoms with E-state index < -0.39 is 0 Å². The molecule has 1 amide bonds. The molecule has 0 atom stereocenters. The number of methoxy groups -OCH3 is 4. The number of carbonyl (C=O) groups is 1. The molecule has 0 radical (unpaired) electrons. The van der Waals surface area contributed by atoms with E-state index >= 15 is 0 Å². The molecule has 0 aliphatic carbocycles. The molecule has 0 bridgehead atoms. The fraction of sp³-hybridized carbons (Fsp3) is 0.214. The summed E-state index contributed by atoms with van der Waals surface area (Å²) in [4.78, 5) is 15.2. The van der Waals surface area contributed by atoms with Crippen LogP contribution in [0.25, 0.3) is 11.3 Å². The number of aromatic nitrogens is 1. The minimum Gasteiger partial charge on any atom is -0.497 e. The lowest BCUT2D eigenvalue weighted by atomic mass is 10.1. The molecule has 0 unspecified atom stereocenters. The van der Waals surface area contributed by atoms with Crippen LogP contribution in [0.4, 0.5) is 0 Å². The second-order valence-corrected chi connectivity index (χ2v) is 7.97. The van der Waals surface area contributed by atoms with Crippen LogP contribution < -0.4 is 18.9 Å². The normalized spacial score (nSPS) is 10.6. The summed E-state index contributed by atoms with van der Waals surface area (Å²) in [6.07, 6.45) is 0. The largest absolute Gasteiger partial charge is 0.497 e. The first-order valence-electron chi connectivity index (χ1n) is 11.3. The average molecular weight is 489 g/mol. The summed E-state index contributed by atoms with van der Waals surface area (Å²) in [6, 6.07) is 22.2. The molecule has 0 saturated heterocycles. The SMILES string of the molecule is COc1ccc(C(=O)N(Cc2ccccc2)Cc2cc(-c3cc(OC)c(OC)c(OC)c3)on2)cc1. The van der Waals surface area contributed by atoms with E-state index in [1.54, 1.807) is 75.8 Å². The maximum atomic E-state index is 13.4. The van der Waals surface area contributed by atoms with Crippen LogP contribution in [-0.4, -0.2) is 44.4 Å². The van der Waals surface area contributed by atoms with Crippen LogP contribution >= 0.6 is 0 Å². The van der Waals surface area contributed by atoms with Gasteiger partial charge < -0.3 is 28.4 Å². The Labute approximate surface area is 209 Å². The predicted molar refractivity (Wildman–Crippen MR) is 135 cm³/mol. The van der Waals surface area contributed by atoms with Gasteiger partial charge in [0.2, 0.25) is 5.75 Å². The maximum Gasteiger partial charge on any atom is 0.254 e. The van der Waals surface area contributed by atoms with Crippen LogP contribution in [0.5, 0.6) is 23.0 Å². The zero-order valence-electron chi connectivity index (χ0n) is 20.7.